The second-order valence-corrected chi connectivity index (χ2v) is 5.02. The van der Waals surface area contributed by atoms with Crippen LogP contribution in [0.4, 0.5) is 5.82 Å². The third kappa shape index (κ3) is 2.20. The van der Waals surface area contributed by atoms with Crippen molar-refractivity contribution >= 4 is 5.82 Å². The molecule has 1 fully saturated rings. The maximum absolute atomic E-state index is 11.4. The molecule has 94 valence electrons. The number of H-pyrrole nitrogens is 1. The Morgan fingerprint density at radius 2 is 2.24 bits per heavy atom. The number of hydrogen-bond acceptors (Lipinski definition) is 4. The molecule has 1 aromatic rings. The van der Waals surface area contributed by atoms with Gasteiger partial charge in [-0.25, -0.2) is 4.98 Å². The molecular weight excluding hydrogens is 218 g/mol. The Balaban J connectivity index is 2.16. The van der Waals surface area contributed by atoms with Crippen molar-refractivity contribution in [1.29, 1.82) is 0 Å². The van der Waals surface area contributed by atoms with E-state index in [9.17, 15) is 9.90 Å². The predicted octanol–water partition coefficient (Wildman–Crippen LogP) is 0.539. The summed E-state index contributed by atoms with van der Waals surface area (Å²) in [6.07, 6.45) is 0.700. The van der Waals surface area contributed by atoms with Gasteiger partial charge in [0.2, 0.25) is 0 Å². The van der Waals surface area contributed by atoms with Gasteiger partial charge < -0.3 is 15.0 Å². The number of anilines is 1. The molecule has 1 aliphatic heterocycles. The molecule has 0 amide bonds. The van der Waals surface area contributed by atoms with Gasteiger partial charge >= 0.3 is 0 Å². The zero-order valence-corrected chi connectivity index (χ0v) is 10.5. The Bertz CT molecular complexity index is 461. The molecule has 1 aliphatic rings. The fraction of sp³-hybridized carbons (Fsp3) is 0.667. The number of hydrogen-bond donors (Lipinski definition) is 2. The molecule has 0 aromatic carbocycles. The maximum atomic E-state index is 11.4. The number of aliphatic hydroxyl groups is 1. The van der Waals surface area contributed by atoms with Gasteiger partial charge in [0.15, 0.2) is 0 Å². The number of β-amino-alcohol motifs (C(OH)–C–C–N with tert-alkyl or cyclic N) is 1. The van der Waals surface area contributed by atoms with Crippen molar-refractivity contribution in [3.05, 3.63) is 22.2 Å². The Hall–Kier alpha value is -1.36. The van der Waals surface area contributed by atoms with E-state index in [1.165, 1.54) is 6.07 Å². The smallest absolute Gasteiger partial charge is 0.252 e. The van der Waals surface area contributed by atoms with Gasteiger partial charge in [-0.3, -0.25) is 4.79 Å². The van der Waals surface area contributed by atoms with Crippen LogP contribution in [0.2, 0.25) is 0 Å². The van der Waals surface area contributed by atoms with E-state index < -0.39 is 5.60 Å². The molecule has 2 rings (SSSR count). The third-order valence-corrected chi connectivity index (χ3v) is 3.44. The van der Waals surface area contributed by atoms with Gasteiger partial charge in [0.25, 0.3) is 5.56 Å². The predicted molar refractivity (Wildman–Crippen MR) is 66.2 cm³/mol. The van der Waals surface area contributed by atoms with Crippen LogP contribution in [0.3, 0.4) is 0 Å². The first-order valence-corrected chi connectivity index (χ1v) is 6.02. The summed E-state index contributed by atoms with van der Waals surface area (Å²) in [5.74, 6) is 1.56. The van der Waals surface area contributed by atoms with Gasteiger partial charge in [0, 0.05) is 12.5 Å². The Labute approximate surface area is 100 Å². The van der Waals surface area contributed by atoms with E-state index in [4.69, 9.17) is 0 Å². The lowest BCUT2D eigenvalue weighted by Crippen LogP contribution is -2.65. The first-order valence-electron chi connectivity index (χ1n) is 6.02. The molecule has 0 radical (unpaired) electrons. The molecule has 2 N–H and O–H groups in total. The first kappa shape index (κ1) is 12.1. The monoisotopic (exact) mass is 237 g/mol. The highest BCUT2D eigenvalue weighted by Gasteiger charge is 2.44. The summed E-state index contributed by atoms with van der Waals surface area (Å²) in [5, 5.41) is 10.2. The minimum absolute atomic E-state index is 0.133. The van der Waals surface area contributed by atoms with E-state index in [0.717, 1.165) is 0 Å². The fourth-order valence-corrected chi connectivity index (χ4v) is 1.97. The number of aromatic nitrogens is 2. The molecule has 5 heteroatoms. The van der Waals surface area contributed by atoms with Crippen LogP contribution >= 0.6 is 0 Å². The minimum Gasteiger partial charge on any atom is -0.386 e. The number of aromatic amines is 1. The topological polar surface area (TPSA) is 69.2 Å². The number of nitrogens with zero attached hydrogens (tertiary/aromatic N) is 2. The highest BCUT2D eigenvalue weighted by molar-refractivity contribution is 5.43. The van der Waals surface area contributed by atoms with Crippen LogP contribution in [0, 0.1) is 5.92 Å². The van der Waals surface area contributed by atoms with Crippen LogP contribution in [0.15, 0.2) is 10.9 Å². The molecule has 5 nitrogen and oxygen atoms in total. The van der Waals surface area contributed by atoms with E-state index in [-0.39, 0.29) is 11.5 Å². The Morgan fingerprint density at radius 3 is 2.76 bits per heavy atom. The second kappa shape index (κ2) is 4.14. The highest BCUT2D eigenvalue weighted by atomic mass is 16.3. The number of aryl methyl sites for hydroxylation is 1. The standard InChI is InChI=1S/C12H19N3O2/c1-4-9-13-10(5-11(16)14-9)15-6-12(17,7-15)8(2)3/h5,8,17H,4,6-7H2,1-3H3,(H,13,14,16). The second-order valence-electron chi connectivity index (χ2n) is 5.02. The summed E-state index contributed by atoms with van der Waals surface area (Å²) >= 11 is 0. The van der Waals surface area contributed by atoms with Gasteiger partial charge in [-0.1, -0.05) is 20.8 Å². The normalized spacial score (nSPS) is 18.3. The Morgan fingerprint density at radius 1 is 1.59 bits per heavy atom. The van der Waals surface area contributed by atoms with E-state index in [1.54, 1.807) is 0 Å². The average Bonchev–Trinajstić information content (AvgIpc) is 2.23. The summed E-state index contributed by atoms with van der Waals surface area (Å²) in [4.78, 5) is 20.4. The summed E-state index contributed by atoms with van der Waals surface area (Å²) in [7, 11) is 0. The lowest BCUT2D eigenvalue weighted by molar-refractivity contribution is -0.0304. The van der Waals surface area contributed by atoms with Gasteiger partial charge in [-0.15, -0.1) is 0 Å². The van der Waals surface area contributed by atoms with Crippen molar-refractivity contribution in [2.24, 2.45) is 5.92 Å². The van der Waals surface area contributed by atoms with Crippen LogP contribution < -0.4 is 10.5 Å². The molecule has 0 atom stereocenters. The zero-order valence-electron chi connectivity index (χ0n) is 10.5. The molecule has 0 unspecified atom stereocenters. The van der Waals surface area contributed by atoms with E-state index >= 15 is 0 Å². The van der Waals surface area contributed by atoms with Crippen molar-refractivity contribution in [2.75, 3.05) is 18.0 Å². The molecule has 1 saturated heterocycles. The zero-order chi connectivity index (χ0) is 12.6. The van der Waals surface area contributed by atoms with Crippen molar-refractivity contribution < 1.29 is 5.11 Å². The summed E-state index contributed by atoms with van der Waals surface area (Å²) < 4.78 is 0. The Kier molecular flexibility index (Phi) is 2.95. The molecular formula is C12H19N3O2. The van der Waals surface area contributed by atoms with Crippen molar-refractivity contribution in [1.82, 2.24) is 9.97 Å². The summed E-state index contributed by atoms with van der Waals surface area (Å²) in [6.45, 7) is 7.04. The van der Waals surface area contributed by atoms with Crippen LogP contribution in [-0.4, -0.2) is 33.8 Å². The van der Waals surface area contributed by atoms with Crippen LogP contribution in [0.25, 0.3) is 0 Å². The van der Waals surface area contributed by atoms with Gasteiger partial charge in [0.05, 0.1) is 13.1 Å². The SMILES string of the molecule is CCc1nc(N2CC(O)(C(C)C)C2)cc(=O)[nH]1. The molecule has 17 heavy (non-hydrogen) atoms. The molecule has 1 aromatic heterocycles. The molecule has 0 spiro atoms. The average molecular weight is 237 g/mol. The third-order valence-electron chi connectivity index (χ3n) is 3.44. The molecule has 0 saturated carbocycles. The van der Waals surface area contributed by atoms with E-state index in [2.05, 4.69) is 9.97 Å². The summed E-state index contributed by atoms with van der Waals surface area (Å²) in [6, 6.07) is 1.49. The van der Waals surface area contributed by atoms with Crippen LogP contribution in [0.1, 0.15) is 26.6 Å². The quantitative estimate of drug-likeness (QED) is 0.805. The van der Waals surface area contributed by atoms with Crippen molar-refractivity contribution in [2.45, 2.75) is 32.8 Å². The van der Waals surface area contributed by atoms with Crippen molar-refractivity contribution in [3.63, 3.8) is 0 Å². The maximum Gasteiger partial charge on any atom is 0.252 e. The molecule has 0 aliphatic carbocycles. The van der Waals surface area contributed by atoms with Gasteiger partial charge in [-0.05, 0) is 5.92 Å². The number of nitrogens with one attached hydrogen (secondary N) is 1. The lowest BCUT2D eigenvalue weighted by atomic mass is 9.83. The lowest BCUT2D eigenvalue weighted by Gasteiger charge is -2.49. The van der Waals surface area contributed by atoms with Gasteiger partial charge in [0.1, 0.15) is 17.2 Å². The fourth-order valence-electron chi connectivity index (χ4n) is 1.97. The summed E-state index contributed by atoms with van der Waals surface area (Å²) in [5.41, 5.74) is -0.775. The van der Waals surface area contributed by atoms with Crippen LogP contribution in [0.5, 0.6) is 0 Å². The van der Waals surface area contributed by atoms with E-state index in [0.29, 0.717) is 31.2 Å². The minimum atomic E-state index is -0.642. The highest BCUT2D eigenvalue weighted by Crippen LogP contribution is 2.31. The van der Waals surface area contributed by atoms with Crippen LogP contribution in [-0.2, 0) is 6.42 Å². The van der Waals surface area contributed by atoms with Crippen molar-refractivity contribution in [3.8, 4) is 0 Å². The largest absolute Gasteiger partial charge is 0.386 e. The number of rotatable bonds is 3. The molecule has 0 bridgehead atoms. The molecule has 2 heterocycles. The first-order chi connectivity index (χ1) is 7.94. The van der Waals surface area contributed by atoms with E-state index in [1.807, 2.05) is 25.7 Å². The van der Waals surface area contributed by atoms with Gasteiger partial charge in [-0.2, -0.15) is 0 Å².